The summed E-state index contributed by atoms with van der Waals surface area (Å²) in [5, 5.41) is 5.67. The van der Waals surface area contributed by atoms with E-state index in [0.717, 1.165) is 37.1 Å². The highest BCUT2D eigenvalue weighted by atomic mass is 16.2. The van der Waals surface area contributed by atoms with Gasteiger partial charge in [-0.2, -0.15) is 0 Å². The molecule has 0 bridgehead atoms. The van der Waals surface area contributed by atoms with Crippen molar-refractivity contribution in [3.8, 4) is 0 Å². The van der Waals surface area contributed by atoms with Crippen LogP contribution >= 0.6 is 0 Å². The lowest BCUT2D eigenvalue weighted by molar-refractivity contribution is -0.121. The van der Waals surface area contributed by atoms with E-state index >= 15 is 0 Å². The Hall–Kier alpha value is -1.88. The number of benzene rings is 1. The average molecular weight is 303 g/mol. The van der Waals surface area contributed by atoms with Gasteiger partial charge in [0.15, 0.2) is 0 Å². The summed E-state index contributed by atoms with van der Waals surface area (Å²) in [5.74, 6) is -0.326. The smallest absolute Gasteiger partial charge is 0.251 e. The minimum Gasteiger partial charge on any atom is -0.352 e. The fourth-order valence-corrected chi connectivity index (χ4v) is 2.58. The SMILES string of the molecule is Cc1ccc(C(=O)NCC(=O)NC2CCN(C)CC2)cc1C. The number of aryl methyl sites for hydroxylation is 2. The summed E-state index contributed by atoms with van der Waals surface area (Å²) in [7, 11) is 2.09. The van der Waals surface area contributed by atoms with Gasteiger partial charge >= 0.3 is 0 Å². The van der Waals surface area contributed by atoms with Crippen LogP contribution in [0.4, 0.5) is 0 Å². The van der Waals surface area contributed by atoms with Crippen molar-refractivity contribution in [1.29, 1.82) is 0 Å². The number of carbonyl (C=O) groups excluding carboxylic acids is 2. The zero-order valence-electron chi connectivity index (χ0n) is 13.6. The molecule has 22 heavy (non-hydrogen) atoms. The first kappa shape index (κ1) is 16.5. The molecular formula is C17H25N3O2. The van der Waals surface area contributed by atoms with E-state index < -0.39 is 0 Å². The molecule has 2 rings (SSSR count). The number of nitrogens with zero attached hydrogens (tertiary/aromatic N) is 1. The number of rotatable bonds is 4. The molecule has 0 unspecified atom stereocenters. The van der Waals surface area contributed by atoms with E-state index in [1.807, 2.05) is 26.0 Å². The molecular weight excluding hydrogens is 278 g/mol. The summed E-state index contributed by atoms with van der Waals surface area (Å²) >= 11 is 0. The van der Waals surface area contributed by atoms with E-state index in [1.54, 1.807) is 6.07 Å². The van der Waals surface area contributed by atoms with Gasteiger partial charge in [0.05, 0.1) is 6.54 Å². The maximum absolute atomic E-state index is 12.1. The van der Waals surface area contributed by atoms with E-state index in [0.29, 0.717) is 5.56 Å². The summed E-state index contributed by atoms with van der Waals surface area (Å²) < 4.78 is 0. The van der Waals surface area contributed by atoms with Gasteiger partial charge in [-0.3, -0.25) is 9.59 Å². The zero-order valence-corrected chi connectivity index (χ0v) is 13.6. The van der Waals surface area contributed by atoms with Crippen molar-refractivity contribution in [3.05, 3.63) is 34.9 Å². The minimum absolute atomic E-state index is 0.0259. The molecule has 0 spiro atoms. The molecule has 2 N–H and O–H groups in total. The Morgan fingerprint density at radius 1 is 1.18 bits per heavy atom. The van der Waals surface area contributed by atoms with Gasteiger partial charge in [0.1, 0.15) is 0 Å². The standard InChI is InChI=1S/C17H25N3O2/c1-12-4-5-14(10-13(12)2)17(22)18-11-16(21)19-15-6-8-20(3)9-7-15/h4-5,10,15H,6-9,11H2,1-3H3,(H,18,22)(H,19,21). The number of amides is 2. The Kier molecular flexibility index (Phi) is 5.55. The van der Waals surface area contributed by atoms with Crippen LogP contribution in [0.25, 0.3) is 0 Å². The minimum atomic E-state index is -0.207. The van der Waals surface area contributed by atoms with Crippen LogP contribution in [0.1, 0.15) is 34.3 Å². The topological polar surface area (TPSA) is 61.4 Å². The van der Waals surface area contributed by atoms with Gasteiger partial charge in [-0.1, -0.05) is 6.07 Å². The number of piperidine rings is 1. The second kappa shape index (κ2) is 7.40. The molecule has 1 aliphatic rings. The van der Waals surface area contributed by atoms with Crippen molar-refractivity contribution in [2.45, 2.75) is 32.7 Å². The van der Waals surface area contributed by atoms with Crippen LogP contribution in [0.2, 0.25) is 0 Å². The van der Waals surface area contributed by atoms with Crippen LogP contribution in [-0.2, 0) is 4.79 Å². The van der Waals surface area contributed by atoms with Gasteiger partial charge in [0.25, 0.3) is 5.91 Å². The highest BCUT2D eigenvalue weighted by Gasteiger charge is 2.18. The van der Waals surface area contributed by atoms with Crippen LogP contribution in [-0.4, -0.2) is 49.4 Å². The van der Waals surface area contributed by atoms with Crippen LogP contribution in [0, 0.1) is 13.8 Å². The first-order valence-electron chi connectivity index (χ1n) is 7.79. The highest BCUT2D eigenvalue weighted by Crippen LogP contribution is 2.10. The fourth-order valence-electron chi connectivity index (χ4n) is 2.58. The molecule has 0 aliphatic carbocycles. The third kappa shape index (κ3) is 4.56. The zero-order chi connectivity index (χ0) is 16.1. The quantitative estimate of drug-likeness (QED) is 0.880. The average Bonchev–Trinajstić information content (AvgIpc) is 2.50. The van der Waals surface area contributed by atoms with E-state index in [2.05, 4.69) is 22.6 Å². The Labute approximate surface area is 132 Å². The Balaban J connectivity index is 1.78. The summed E-state index contributed by atoms with van der Waals surface area (Å²) in [6.07, 6.45) is 1.93. The number of nitrogens with one attached hydrogen (secondary N) is 2. The Morgan fingerprint density at radius 3 is 2.50 bits per heavy atom. The molecule has 5 nitrogen and oxygen atoms in total. The maximum atomic E-state index is 12.1. The molecule has 1 aliphatic heterocycles. The van der Waals surface area contributed by atoms with Crippen molar-refractivity contribution in [1.82, 2.24) is 15.5 Å². The third-order valence-corrected chi connectivity index (χ3v) is 4.26. The summed E-state index contributed by atoms with van der Waals surface area (Å²) in [6.45, 7) is 6.00. The molecule has 1 aromatic rings. The maximum Gasteiger partial charge on any atom is 0.251 e. The van der Waals surface area contributed by atoms with Crippen molar-refractivity contribution in [3.63, 3.8) is 0 Å². The lowest BCUT2D eigenvalue weighted by atomic mass is 10.1. The highest BCUT2D eigenvalue weighted by molar-refractivity contribution is 5.96. The summed E-state index contributed by atoms with van der Waals surface area (Å²) in [5.41, 5.74) is 2.81. The third-order valence-electron chi connectivity index (χ3n) is 4.26. The van der Waals surface area contributed by atoms with Crippen LogP contribution < -0.4 is 10.6 Å². The summed E-state index contributed by atoms with van der Waals surface area (Å²) in [4.78, 5) is 26.2. The monoisotopic (exact) mass is 303 g/mol. The van der Waals surface area contributed by atoms with Crippen LogP contribution in [0.3, 0.4) is 0 Å². The van der Waals surface area contributed by atoms with Crippen molar-refractivity contribution in [2.75, 3.05) is 26.7 Å². The van der Waals surface area contributed by atoms with E-state index in [1.165, 1.54) is 0 Å². The first-order valence-corrected chi connectivity index (χ1v) is 7.79. The first-order chi connectivity index (χ1) is 10.5. The molecule has 1 aromatic carbocycles. The molecule has 0 aromatic heterocycles. The normalized spacial score (nSPS) is 16.3. The number of carbonyl (C=O) groups is 2. The molecule has 0 atom stereocenters. The van der Waals surface area contributed by atoms with Gasteiger partial charge in [-0.05, 0) is 70.1 Å². The molecule has 1 heterocycles. The van der Waals surface area contributed by atoms with Gasteiger partial charge in [-0.15, -0.1) is 0 Å². The molecule has 120 valence electrons. The van der Waals surface area contributed by atoms with E-state index in [9.17, 15) is 9.59 Å². The molecule has 2 amide bonds. The van der Waals surface area contributed by atoms with E-state index in [4.69, 9.17) is 0 Å². The Bertz CT molecular complexity index is 549. The lowest BCUT2D eigenvalue weighted by Crippen LogP contribution is -2.46. The molecule has 1 fully saturated rings. The lowest BCUT2D eigenvalue weighted by Gasteiger charge is -2.29. The largest absolute Gasteiger partial charge is 0.352 e. The van der Waals surface area contributed by atoms with Gasteiger partial charge in [-0.25, -0.2) is 0 Å². The van der Waals surface area contributed by atoms with Crippen molar-refractivity contribution >= 4 is 11.8 Å². The number of hydrogen-bond donors (Lipinski definition) is 2. The number of likely N-dealkylation sites (tertiary alicyclic amines) is 1. The predicted octanol–water partition coefficient (Wildman–Crippen LogP) is 1.24. The molecule has 5 heteroatoms. The van der Waals surface area contributed by atoms with Gasteiger partial charge < -0.3 is 15.5 Å². The summed E-state index contributed by atoms with van der Waals surface area (Å²) in [6, 6.07) is 5.77. The van der Waals surface area contributed by atoms with Crippen molar-refractivity contribution in [2.24, 2.45) is 0 Å². The van der Waals surface area contributed by atoms with Crippen LogP contribution in [0.5, 0.6) is 0 Å². The Morgan fingerprint density at radius 2 is 1.86 bits per heavy atom. The molecule has 0 saturated carbocycles. The van der Waals surface area contributed by atoms with Gasteiger partial charge in [0.2, 0.25) is 5.91 Å². The second-order valence-corrected chi connectivity index (χ2v) is 6.13. The molecule has 1 saturated heterocycles. The molecule has 0 radical (unpaired) electrons. The fraction of sp³-hybridized carbons (Fsp3) is 0.529. The second-order valence-electron chi connectivity index (χ2n) is 6.13. The van der Waals surface area contributed by atoms with Gasteiger partial charge in [0, 0.05) is 11.6 Å². The van der Waals surface area contributed by atoms with Crippen LogP contribution in [0.15, 0.2) is 18.2 Å². The van der Waals surface area contributed by atoms with Crippen molar-refractivity contribution < 1.29 is 9.59 Å². The van der Waals surface area contributed by atoms with E-state index in [-0.39, 0.29) is 24.4 Å². The number of hydrogen-bond acceptors (Lipinski definition) is 3. The predicted molar refractivity (Wildman–Crippen MR) is 86.9 cm³/mol.